The molecule has 0 aliphatic rings. The molecule has 0 amide bonds. The van der Waals surface area contributed by atoms with Crippen LogP contribution in [0, 0.1) is 5.82 Å². The SMILES string of the molecule is CC(CN)Nc1nc2ccc(F)cc2s1. The summed E-state index contributed by atoms with van der Waals surface area (Å²) < 4.78 is 13.8. The number of benzene rings is 1. The fourth-order valence-electron chi connectivity index (χ4n) is 1.23. The molecular weight excluding hydrogens is 213 g/mol. The average molecular weight is 225 g/mol. The van der Waals surface area contributed by atoms with Gasteiger partial charge >= 0.3 is 0 Å². The summed E-state index contributed by atoms with van der Waals surface area (Å²) in [5.74, 6) is -0.232. The van der Waals surface area contributed by atoms with Gasteiger partial charge in [0, 0.05) is 12.6 Å². The van der Waals surface area contributed by atoms with Crippen molar-refractivity contribution in [2.75, 3.05) is 11.9 Å². The van der Waals surface area contributed by atoms with E-state index in [2.05, 4.69) is 10.3 Å². The molecule has 3 N–H and O–H groups in total. The van der Waals surface area contributed by atoms with E-state index in [-0.39, 0.29) is 11.9 Å². The number of rotatable bonds is 3. The van der Waals surface area contributed by atoms with E-state index in [0.717, 1.165) is 15.3 Å². The van der Waals surface area contributed by atoms with Crippen molar-refractivity contribution in [3.63, 3.8) is 0 Å². The molecule has 3 nitrogen and oxygen atoms in total. The molecule has 0 spiro atoms. The van der Waals surface area contributed by atoms with Gasteiger partial charge in [0.1, 0.15) is 5.82 Å². The van der Waals surface area contributed by atoms with Gasteiger partial charge in [0.05, 0.1) is 10.2 Å². The number of nitrogens with two attached hydrogens (primary N) is 1. The average Bonchev–Trinajstić information content (AvgIpc) is 2.59. The summed E-state index contributed by atoms with van der Waals surface area (Å²) in [4.78, 5) is 4.33. The van der Waals surface area contributed by atoms with Crippen LogP contribution in [-0.2, 0) is 0 Å². The molecule has 1 heterocycles. The number of fused-ring (bicyclic) bond motifs is 1. The number of halogens is 1. The van der Waals surface area contributed by atoms with E-state index in [9.17, 15) is 4.39 Å². The molecule has 0 aliphatic carbocycles. The predicted molar refractivity (Wildman–Crippen MR) is 61.7 cm³/mol. The maximum absolute atomic E-state index is 12.9. The van der Waals surface area contributed by atoms with Gasteiger partial charge in [-0.05, 0) is 25.1 Å². The lowest BCUT2D eigenvalue weighted by Gasteiger charge is -2.08. The Hall–Kier alpha value is -1.20. The number of thiazole rings is 1. The van der Waals surface area contributed by atoms with Crippen LogP contribution in [0.5, 0.6) is 0 Å². The van der Waals surface area contributed by atoms with Gasteiger partial charge in [-0.3, -0.25) is 0 Å². The van der Waals surface area contributed by atoms with Crippen LogP contribution in [0.1, 0.15) is 6.92 Å². The van der Waals surface area contributed by atoms with Crippen molar-refractivity contribution in [1.29, 1.82) is 0 Å². The van der Waals surface area contributed by atoms with Gasteiger partial charge in [-0.25, -0.2) is 9.37 Å². The summed E-state index contributed by atoms with van der Waals surface area (Å²) in [5.41, 5.74) is 6.31. The van der Waals surface area contributed by atoms with E-state index in [4.69, 9.17) is 5.73 Å². The first-order chi connectivity index (χ1) is 7.19. The zero-order chi connectivity index (χ0) is 10.8. The summed E-state index contributed by atoms with van der Waals surface area (Å²) in [5, 5.41) is 3.95. The highest BCUT2D eigenvalue weighted by Crippen LogP contribution is 2.26. The summed E-state index contributed by atoms with van der Waals surface area (Å²) in [6.45, 7) is 2.52. The van der Waals surface area contributed by atoms with Gasteiger partial charge in [0.2, 0.25) is 0 Å². The fourth-order valence-corrected chi connectivity index (χ4v) is 2.23. The lowest BCUT2D eigenvalue weighted by molar-refractivity contribution is 0.630. The largest absolute Gasteiger partial charge is 0.358 e. The third kappa shape index (κ3) is 2.24. The van der Waals surface area contributed by atoms with E-state index < -0.39 is 0 Å². The number of anilines is 1. The predicted octanol–water partition coefficient (Wildman–Crippen LogP) is 2.19. The zero-order valence-electron chi connectivity index (χ0n) is 8.33. The lowest BCUT2D eigenvalue weighted by atomic mass is 10.3. The van der Waals surface area contributed by atoms with Crippen LogP contribution in [0.15, 0.2) is 18.2 Å². The molecule has 1 aromatic heterocycles. The maximum Gasteiger partial charge on any atom is 0.184 e. The van der Waals surface area contributed by atoms with Crippen LogP contribution >= 0.6 is 11.3 Å². The van der Waals surface area contributed by atoms with Crippen LogP contribution in [0.2, 0.25) is 0 Å². The Morgan fingerprint density at radius 1 is 1.60 bits per heavy atom. The quantitative estimate of drug-likeness (QED) is 0.842. The van der Waals surface area contributed by atoms with Crippen LogP contribution in [0.25, 0.3) is 10.2 Å². The summed E-state index contributed by atoms with van der Waals surface area (Å²) in [7, 11) is 0. The molecule has 0 saturated carbocycles. The van der Waals surface area contributed by atoms with Crippen molar-refractivity contribution in [2.45, 2.75) is 13.0 Å². The third-order valence-electron chi connectivity index (χ3n) is 2.07. The topological polar surface area (TPSA) is 50.9 Å². The second-order valence-electron chi connectivity index (χ2n) is 3.41. The Balaban J connectivity index is 2.30. The first kappa shape index (κ1) is 10.3. The molecule has 80 valence electrons. The minimum atomic E-state index is -0.232. The van der Waals surface area contributed by atoms with Gasteiger partial charge in [-0.15, -0.1) is 0 Å². The number of nitrogens with zero attached hydrogens (tertiary/aromatic N) is 1. The fraction of sp³-hybridized carbons (Fsp3) is 0.300. The van der Waals surface area contributed by atoms with Crippen molar-refractivity contribution < 1.29 is 4.39 Å². The highest BCUT2D eigenvalue weighted by Gasteiger charge is 2.06. The lowest BCUT2D eigenvalue weighted by Crippen LogP contribution is -2.24. The first-order valence-electron chi connectivity index (χ1n) is 4.71. The minimum absolute atomic E-state index is 0.176. The van der Waals surface area contributed by atoms with Gasteiger partial charge in [0.25, 0.3) is 0 Å². The molecule has 0 saturated heterocycles. The van der Waals surface area contributed by atoms with Gasteiger partial charge in [-0.1, -0.05) is 11.3 Å². The summed E-state index contributed by atoms with van der Waals surface area (Å²) in [6, 6.07) is 4.76. The summed E-state index contributed by atoms with van der Waals surface area (Å²) >= 11 is 1.44. The Morgan fingerprint density at radius 2 is 2.40 bits per heavy atom. The first-order valence-corrected chi connectivity index (χ1v) is 5.53. The Bertz CT molecular complexity index is 469. The molecule has 0 aliphatic heterocycles. The zero-order valence-corrected chi connectivity index (χ0v) is 9.14. The molecule has 5 heteroatoms. The van der Waals surface area contributed by atoms with Gasteiger partial charge in [-0.2, -0.15) is 0 Å². The smallest absolute Gasteiger partial charge is 0.184 e. The maximum atomic E-state index is 12.9. The van der Waals surface area contributed by atoms with Crippen LogP contribution in [0.4, 0.5) is 9.52 Å². The standard InChI is InChI=1S/C10H12FN3S/c1-6(5-12)13-10-14-8-3-2-7(11)4-9(8)15-10/h2-4,6H,5,12H2,1H3,(H,13,14). The Labute approximate surface area is 91.1 Å². The normalized spacial score (nSPS) is 13.0. The Morgan fingerprint density at radius 3 is 3.13 bits per heavy atom. The molecule has 1 unspecified atom stereocenters. The van der Waals surface area contributed by atoms with Crippen molar-refractivity contribution in [3.05, 3.63) is 24.0 Å². The van der Waals surface area contributed by atoms with E-state index >= 15 is 0 Å². The number of nitrogens with one attached hydrogen (secondary N) is 1. The van der Waals surface area contributed by atoms with E-state index in [1.807, 2.05) is 6.92 Å². The van der Waals surface area contributed by atoms with Crippen molar-refractivity contribution in [3.8, 4) is 0 Å². The minimum Gasteiger partial charge on any atom is -0.358 e. The third-order valence-corrected chi connectivity index (χ3v) is 3.02. The van der Waals surface area contributed by atoms with Crippen molar-refractivity contribution in [2.24, 2.45) is 5.73 Å². The number of hydrogen-bond acceptors (Lipinski definition) is 4. The van der Waals surface area contributed by atoms with E-state index in [1.165, 1.54) is 23.5 Å². The molecule has 1 atom stereocenters. The van der Waals surface area contributed by atoms with Crippen LogP contribution in [0.3, 0.4) is 0 Å². The molecule has 15 heavy (non-hydrogen) atoms. The Kier molecular flexibility index (Phi) is 2.83. The van der Waals surface area contributed by atoms with Crippen molar-refractivity contribution >= 4 is 26.7 Å². The molecule has 2 aromatic rings. The second-order valence-corrected chi connectivity index (χ2v) is 4.44. The molecule has 0 fully saturated rings. The molecule has 0 bridgehead atoms. The highest BCUT2D eigenvalue weighted by molar-refractivity contribution is 7.22. The van der Waals surface area contributed by atoms with E-state index in [0.29, 0.717) is 6.54 Å². The van der Waals surface area contributed by atoms with Crippen LogP contribution in [-0.4, -0.2) is 17.6 Å². The molecule has 2 rings (SSSR count). The van der Waals surface area contributed by atoms with Gasteiger partial charge < -0.3 is 11.1 Å². The van der Waals surface area contributed by atoms with E-state index in [1.54, 1.807) is 6.07 Å². The molecular formula is C10H12FN3S. The molecule has 1 aromatic carbocycles. The number of hydrogen-bond donors (Lipinski definition) is 2. The molecule has 0 radical (unpaired) electrons. The number of aromatic nitrogens is 1. The monoisotopic (exact) mass is 225 g/mol. The van der Waals surface area contributed by atoms with Gasteiger partial charge in [0.15, 0.2) is 5.13 Å². The highest BCUT2D eigenvalue weighted by atomic mass is 32.1. The van der Waals surface area contributed by atoms with Crippen LogP contribution < -0.4 is 11.1 Å². The van der Waals surface area contributed by atoms with Crippen molar-refractivity contribution in [1.82, 2.24) is 4.98 Å². The second kappa shape index (κ2) is 4.12. The summed E-state index contributed by atoms with van der Waals surface area (Å²) in [6.07, 6.45) is 0.